The fourth-order valence-corrected chi connectivity index (χ4v) is 2.63. The lowest BCUT2D eigenvalue weighted by Gasteiger charge is -2.28. The number of hydrogen-bond donors (Lipinski definition) is 1. The average molecular weight is 286 g/mol. The lowest BCUT2D eigenvalue weighted by Crippen LogP contribution is -2.38. The molecule has 0 atom stereocenters. The summed E-state index contributed by atoms with van der Waals surface area (Å²) in [7, 11) is 0. The van der Waals surface area contributed by atoms with E-state index in [1.165, 1.54) is 11.1 Å². The Balaban J connectivity index is 1.71. The summed E-state index contributed by atoms with van der Waals surface area (Å²) < 4.78 is 1.55. The minimum atomic E-state index is -0.156. The van der Waals surface area contributed by atoms with Crippen molar-refractivity contribution < 1.29 is 9.90 Å². The third-order valence-electron chi connectivity index (χ3n) is 4.00. The van der Waals surface area contributed by atoms with Crippen molar-refractivity contribution >= 4 is 5.91 Å². The largest absolute Gasteiger partial charge is 0.390 e. The Bertz CT molecular complexity index is 665. The number of carbonyl (C=O) groups is 1. The molecule has 0 bridgehead atoms. The number of fused-ring (bicyclic) bond motifs is 1. The predicted octanol–water partition coefficient (Wildman–Crippen LogP) is 0.664. The Kier molecular flexibility index (Phi) is 3.70. The van der Waals surface area contributed by atoms with Crippen LogP contribution in [0.5, 0.6) is 0 Å². The zero-order valence-corrected chi connectivity index (χ0v) is 12.0. The summed E-state index contributed by atoms with van der Waals surface area (Å²) in [5, 5.41) is 16.9. The van der Waals surface area contributed by atoms with Crippen molar-refractivity contribution in [3.05, 3.63) is 46.8 Å². The first-order chi connectivity index (χ1) is 10.2. The highest BCUT2D eigenvalue weighted by Crippen LogP contribution is 2.18. The number of benzene rings is 1. The van der Waals surface area contributed by atoms with Crippen molar-refractivity contribution in [3.63, 3.8) is 0 Å². The molecule has 1 aliphatic heterocycles. The first-order valence-electron chi connectivity index (χ1n) is 7.03. The van der Waals surface area contributed by atoms with E-state index in [2.05, 4.69) is 22.4 Å². The molecule has 2 heterocycles. The molecule has 0 aliphatic carbocycles. The van der Waals surface area contributed by atoms with Crippen molar-refractivity contribution in [3.8, 4) is 0 Å². The Morgan fingerprint density at radius 1 is 1.33 bits per heavy atom. The van der Waals surface area contributed by atoms with Gasteiger partial charge in [0.2, 0.25) is 5.91 Å². The topological polar surface area (TPSA) is 71.2 Å². The Hall–Kier alpha value is -2.21. The van der Waals surface area contributed by atoms with E-state index in [0.717, 1.165) is 18.7 Å². The van der Waals surface area contributed by atoms with Gasteiger partial charge in [-0.2, -0.15) is 0 Å². The van der Waals surface area contributed by atoms with E-state index in [9.17, 15) is 4.79 Å². The van der Waals surface area contributed by atoms with Crippen molar-refractivity contribution in [2.45, 2.75) is 33.0 Å². The summed E-state index contributed by atoms with van der Waals surface area (Å²) >= 11 is 0. The maximum Gasteiger partial charge on any atom is 0.244 e. The molecule has 1 amide bonds. The second kappa shape index (κ2) is 5.65. The molecule has 3 rings (SSSR count). The van der Waals surface area contributed by atoms with E-state index < -0.39 is 0 Å². The molecule has 0 unspecified atom stereocenters. The van der Waals surface area contributed by atoms with Crippen LogP contribution in [0.2, 0.25) is 0 Å². The van der Waals surface area contributed by atoms with Gasteiger partial charge < -0.3 is 10.0 Å². The van der Waals surface area contributed by atoms with E-state index in [-0.39, 0.29) is 19.1 Å². The molecule has 0 saturated carbocycles. The van der Waals surface area contributed by atoms with Gasteiger partial charge in [-0.25, -0.2) is 4.68 Å². The Labute approximate surface area is 123 Å². The van der Waals surface area contributed by atoms with Crippen LogP contribution in [-0.2, 0) is 30.9 Å². The van der Waals surface area contributed by atoms with Gasteiger partial charge in [0.1, 0.15) is 12.2 Å². The number of nitrogens with zero attached hydrogens (tertiary/aromatic N) is 4. The van der Waals surface area contributed by atoms with Gasteiger partial charge in [-0.3, -0.25) is 4.79 Å². The number of rotatable bonds is 3. The quantitative estimate of drug-likeness (QED) is 0.900. The summed E-state index contributed by atoms with van der Waals surface area (Å²) in [5.41, 5.74) is 3.79. The molecule has 1 N–H and O–H groups in total. The molecular formula is C15H18N4O2. The maximum atomic E-state index is 12.4. The van der Waals surface area contributed by atoms with E-state index in [1.54, 1.807) is 4.68 Å². The Morgan fingerprint density at radius 2 is 2.10 bits per heavy atom. The van der Waals surface area contributed by atoms with Crippen LogP contribution in [0.15, 0.2) is 24.3 Å². The highest BCUT2D eigenvalue weighted by Gasteiger charge is 2.21. The molecule has 2 aromatic rings. The molecule has 0 saturated heterocycles. The molecule has 6 nitrogen and oxygen atoms in total. The highest BCUT2D eigenvalue weighted by atomic mass is 16.3. The van der Waals surface area contributed by atoms with Crippen molar-refractivity contribution in [1.82, 2.24) is 19.9 Å². The molecule has 1 aromatic carbocycles. The molecule has 21 heavy (non-hydrogen) atoms. The van der Waals surface area contributed by atoms with E-state index in [1.807, 2.05) is 24.0 Å². The molecular weight excluding hydrogens is 268 g/mol. The monoisotopic (exact) mass is 286 g/mol. The molecule has 110 valence electrons. The Morgan fingerprint density at radius 3 is 2.81 bits per heavy atom. The first-order valence-corrected chi connectivity index (χ1v) is 7.03. The van der Waals surface area contributed by atoms with Gasteiger partial charge in [-0.15, -0.1) is 5.10 Å². The number of hydrogen-bond acceptors (Lipinski definition) is 4. The van der Waals surface area contributed by atoms with Gasteiger partial charge >= 0.3 is 0 Å². The van der Waals surface area contributed by atoms with Crippen molar-refractivity contribution in [1.29, 1.82) is 0 Å². The number of aromatic nitrogens is 3. The number of amides is 1. The molecule has 1 aliphatic rings. The van der Waals surface area contributed by atoms with Gasteiger partial charge in [-0.05, 0) is 24.5 Å². The molecule has 0 spiro atoms. The number of aliphatic hydroxyl groups excluding tert-OH is 1. The average Bonchev–Trinajstić information content (AvgIpc) is 2.87. The fourth-order valence-electron chi connectivity index (χ4n) is 2.63. The summed E-state index contributed by atoms with van der Waals surface area (Å²) in [5.74, 6) is 0.0296. The zero-order chi connectivity index (χ0) is 14.8. The smallest absolute Gasteiger partial charge is 0.244 e. The van der Waals surface area contributed by atoms with Crippen molar-refractivity contribution in [2.75, 3.05) is 6.54 Å². The summed E-state index contributed by atoms with van der Waals surface area (Å²) in [4.78, 5) is 14.3. The summed E-state index contributed by atoms with van der Waals surface area (Å²) in [6, 6.07) is 8.22. The van der Waals surface area contributed by atoms with E-state index >= 15 is 0 Å². The third kappa shape index (κ3) is 2.67. The molecule has 0 fully saturated rings. The minimum absolute atomic E-state index is 0.0296. The van der Waals surface area contributed by atoms with Gasteiger partial charge in [0.05, 0.1) is 12.3 Å². The van der Waals surface area contributed by atoms with Crippen LogP contribution < -0.4 is 0 Å². The lowest BCUT2D eigenvalue weighted by atomic mass is 10.00. The van der Waals surface area contributed by atoms with Crippen LogP contribution >= 0.6 is 0 Å². The number of aliphatic hydroxyl groups is 1. The second-order valence-electron chi connectivity index (χ2n) is 5.27. The SMILES string of the molecule is Cc1c(CO)nnn1CC(=O)N1CCc2ccccc2C1. The van der Waals surface area contributed by atoms with Gasteiger partial charge in [0.15, 0.2) is 0 Å². The van der Waals surface area contributed by atoms with Gasteiger partial charge in [0.25, 0.3) is 0 Å². The van der Waals surface area contributed by atoms with Gasteiger partial charge in [0, 0.05) is 13.1 Å². The standard InChI is InChI=1S/C15H18N4O2/c1-11-14(10-20)16-17-19(11)9-15(21)18-7-6-12-4-2-3-5-13(12)8-18/h2-5,20H,6-10H2,1H3. The fraction of sp³-hybridized carbons (Fsp3) is 0.400. The van der Waals surface area contributed by atoms with Crippen LogP contribution in [0.4, 0.5) is 0 Å². The minimum Gasteiger partial charge on any atom is -0.390 e. The third-order valence-corrected chi connectivity index (χ3v) is 4.00. The van der Waals surface area contributed by atoms with E-state index in [4.69, 9.17) is 5.11 Å². The predicted molar refractivity (Wildman–Crippen MR) is 76.2 cm³/mol. The molecule has 0 radical (unpaired) electrons. The van der Waals surface area contributed by atoms with Crippen molar-refractivity contribution in [2.24, 2.45) is 0 Å². The lowest BCUT2D eigenvalue weighted by molar-refractivity contribution is -0.133. The number of carbonyl (C=O) groups excluding carboxylic acids is 1. The first kappa shape index (κ1) is 13.8. The van der Waals surface area contributed by atoms with E-state index in [0.29, 0.717) is 12.2 Å². The van der Waals surface area contributed by atoms with Crippen LogP contribution in [-0.4, -0.2) is 37.5 Å². The van der Waals surface area contributed by atoms with Crippen LogP contribution in [0, 0.1) is 6.92 Å². The summed E-state index contributed by atoms with van der Waals surface area (Å²) in [6.07, 6.45) is 0.889. The summed E-state index contributed by atoms with van der Waals surface area (Å²) in [6.45, 7) is 3.20. The normalized spacial score (nSPS) is 14.1. The maximum absolute atomic E-state index is 12.4. The van der Waals surface area contributed by atoms with Crippen LogP contribution in [0.3, 0.4) is 0 Å². The highest BCUT2D eigenvalue weighted by molar-refractivity contribution is 5.76. The molecule has 1 aromatic heterocycles. The zero-order valence-electron chi connectivity index (χ0n) is 12.0. The van der Waals surface area contributed by atoms with Crippen LogP contribution in [0.25, 0.3) is 0 Å². The second-order valence-corrected chi connectivity index (χ2v) is 5.27. The van der Waals surface area contributed by atoms with Gasteiger partial charge in [-0.1, -0.05) is 29.5 Å². The molecule has 6 heteroatoms. The van der Waals surface area contributed by atoms with Crippen LogP contribution in [0.1, 0.15) is 22.5 Å².